The standard InChI is InChI=1S/C23H26ClN3O3/c1-5-27(12-21-25-19-11-17(24)8-9-18(19)23(29)26-21)22(28)13-30-20-10-16(14(2)3)7-6-15(20)4/h6-11,14H,5,12-13H2,1-4H3,(H,25,26,29). The first-order valence-electron chi connectivity index (χ1n) is 9.98. The Morgan fingerprint density at radius 2 is 2.00 bits per heavy atom. The fourth-order valence-electron chi connectivity index (χ4n) is 3.16. The lowest BCUT2D eigenvalue weighted by atomic mass is 10.0. The van der Waals surface area contributed by atoms with Gasteiger partial charge in [-0.15, -0.1) is 0 Å². The van der Waals surface area contributed by atoms with Crippen molar-refractivity contribution in [2.24, 2.45) is 0 Å². The average molecular weight is 428 g/mol. The summed E-state index contributed by atoms with van der Waals surface area (Å²) >= 11 is 6.02. The molecule has 3 aromatic rings. The van der Waals surface area contributed by atoms with Gasteiger partial charge >= 0.3 is 0 Å². The Kier molecular flexibility index (Phi) is 6.77. The third-order valence-corrected chi connectivity index (χ3v) is 5.26. The number of nitrogens with zero attached hydrogens (tertiary/aromatic N) is 2. The Bertz CT molecular complexity index is 1120. The van der Waals surface area contributed by atoms with E-state index in [0.29, 0.717) is 40.0 Å². The minimum absolute atomic E-state index is 0.0835. The molecule has 0 aliphatic carbocycles. The molecular weight excluding hydrogens is 402 g/mol. The van der Waals surface area contributed by atoms with Crippen LogP contribution in [0.1, 0.15) is 43.6 Å². The molecule has 30 heavy (non-hydrogen) atoms. The molecule has 2 aromatic carbocycles. The third-order valence-electron chi connectivity index (χ3n) is 5.02. The van der Waals surface area contributed by atoms with E-state index < -0.39 is 0 Å². The molecule has 1 N–H and O–H groups in total. The maximum atomic E-state index is 12.7. The number of hydrogen-bond acceptors (Lipinski definition) is 4. The summed E-state index contributed by atoms with van der Waals surface area (Å²) in [6.45, 7) is 8.62. The van der Waals surface area contributed by atoms with Crippen LogP contribution in [-0.2, 0) is 11.3 Å². The van der Waals surface area contributed by atoms with Gasteiger partial charge in [0.2, 0.25) is 0 Å². The van der Waals surface area contributed by atoms with E-state index in [9.17, 15) is 9.59 Å². The average Bonchev–Trinajstić information content (AvgIpc) is 2.70. The minimum Gasteiger partial charge on any atom is -0.483 e. The summed E-state index contributed by atoms with van der Waals surface area (Å²) in [7, 11) is 0. The Hall–Kier alpha value is -2.86. The van der Waals surface area contributed by atoms with Gasteiger partial charge < -0.3 is 14.6 Å². The van der Waals surface area contributed by atoms with Crippen LogP contribution in [-0.4, -0.2) is 33.9 Å². The number of fused-ring (bicyclic) bond motifs is 1. The van der Waals surface area contributed by atoms with E-state index in [2.05, 4.69) is 29.9 Å². The first kappa shape index (κ1) is 21.8. The largest absolute Gasteiger partial charge is 0.483 e. The van der Waals surface area contributed by atoms with E-state index in [0.717, 1.165) is 11.1 Å². The number of likely N-dealkylation sites (N-methyl/N-ethyl adjacent to an activating group) is 1. The number of amides is 1. The first-order chi connectivity index (χ1) is 14.3. The first-order valence-corrected chi connectivity index (χ1v) is 10.4. The van der Waals surface area contributed by atoms with Crippen LogP contribution in [0.25, 0.3) is 10.9 Å². The lowest BCUT2D eigenvalue weighted by Crippen LogP contribution is -2.35. The van der Waals surface area contributed by atoms with Crippen LogP contribution in [0.4, 0.5) is 0 Å². The van der Waals surface area contributed by atoms with E-state index in [1.807, 2.05) is 26.0 Å². The summed E-state index contributed by atoms with van der Waals surface area (Å²) in [6, 6.07) is 11.0. The van der Waals surface area contributed by atoms with Crippen molar-refractivity contribution in [3.8, 4) is 5.75 Å². The molecule has 0 radical (unpaired) electrons. The zero-order valence-electron chi connectivity index (χ0n) is 17.7. The number of aromatic nitrogens is 2. The van der Waals surface area contributed by atoms with Crippen LogP contribution in [0, 0.1) is 6.92 Å². The van der Waals surface area contributed by atoms with Gasteiger partial charge in [-0.3, -0.25) is 9.59 Å². The van der Waals surface area contributed by atoms with E-state index >= 15 is 0 Å². The number of aromatic amines is 1. The van der Waals surface area contributed by atoms with Crippen LogP contribution in [0.2, 0.25) is 5.02 Å². The molecule has 1 amide bonds. The molecule has 0 fully saturated rings. The van der Waals surface area contributed by atoms with Gasteiger partial charge in [-0.1, -0.05) is 37.6 Å². The van der Waals surface area contributed by atoms with Gasteiger partial charge in [0.1, 0.15) is 11.6 Å². The summed E-state index contributed by atoms with van der Waals surface area (Å²) in [5.74, 6) is 1.31. The van der Waals surface area contributed by atoms with Gasteiger partial charge in [0.25, 0.3) is 11.5 Å². The third kappa shape index (κ3) is 5.00. The van der Waals surface area contributed by atoms with Gasteiger partial charge in [0.15, 0.2) is 6.61 Å². The van der Waals surface area contributed by atoms with E-state index in [1.54, 1.807) is 23.1 Å². The van der Waals surface area contributed by atoms with E-state index in [1.165, 1.54) is 0 Å². The van der Waals surface area contributed by atoms with Crippen molar-refractivity contribution in [2.75, 3.05) is 13.2 Å². The SMILES string of the molecule is CCN(Cc1nc2cc(Cl)ccc2c(=O)[nH]1)C(=O)COc1cc(C(C)C)ccc1C. The fourth-order valence-corrected chi connectivity index (χ4v) is 3.32. The van der Waals surface area contributed by atoms with E-state index in [-0.39, 0.29) is 24.6 Å². The van der Waals surface area contributed by atoms with Crippen LogP contribution in [0.3, 0.4) is 0 Å². The van der Waals surface area contributed by atoms with E-state index in [4.69, 9.17) is 16.3 Å². The molecule has 1 aromatic heterocycles. The molecule has 0 spiro atoms. The normalized spacial score (nSPS) is 11.1. The highest BCUT2D eigenvalue weighted by molar-refractivity contribution is 6.31. The van der Waals surface area contributed by atoms with Crippen molar-refractivity contribution in [1.82, 2.24) is 14.9 Å². The Morgan fingerprint density at radius 3 is 2.70 bits per heavy atom. The highest BCUT2D eigenvalue weighted by Crippen LogP contribution is 2.24. The van der Waals surface area contributed by atoms with Crippen molar-refractivity contribution < 1.29 is 9.53 Å². The number of carbonyl (C=O) groups excluding carboxylic acids is 1. The maximum Gasteiger partial charge on any atom is 0.260 e. The lowest BCUT2D eigenvalue weighted by Gasteiger charge is -2.21. The molecule has 0 saturated carbocycles. The molecule has 0 bridgehead atoms. The summed E-state index contributed by atoms with van der Waals surface area (Å²) < 4.78 is 5.82. The smallest absolute Gasteiger partial charge is 0.260 e. The number of ether oxygens (including phenoxy) is 1. The summed E-state index contributed by atoms with van der Waals surface area (Å²) in [5.41, 5.74) is 2.38. The zero-order chi connectivity index (χ0) is 21.8. The number of aryl methyl sites for hydroxylation is 1. The van der Waals surface area contributed by atoms with Crippen molar-refractivity contribution in [1.29, 1.82) is 0 Å². The Morgan fingerprint density at radius 1 is 1.23 bits per heavy atom. The summed E-state index contributed by atoms with van der Waals surface area (Å²) in [5, 5.41) is 0.962. The van der Waals surface area contributed by atoms with Crippen LogP contribution < -0.4 is 10.3 Å². The topological polar surface area (TPSA) is 75.3 Å². The number of carbonyl (C=O) groups is 1. The molecule has 3 rings (SSSR count). The molecular formula is C23H26ClN3O3. The summed E-state index contributed by atoms with van der Waals surface area (Å²) in [6.07, 6.45) is 0. The number of H-pyrrole nitrogens is 1. The Labute approximate surface area is 180 Å². The predicted octanol–water partition coefficient (Wildman–Crippen LogP) is 4.44. The zero-order valence-corrected chi connectivity index (χ0v) is 18.4. The predicted molar refractivity (Wildman–Crippen MR) is 119 cm³/mol. The molecule has 0 saturated heterocycles. The molecule has 0 unspecified atom stereocenters. The second kappa shape index (κ2) is 9.30. The lowest BCUT2D eigenvalue weighted by molar-refractivity contribution is -0.133. The maximum absolute atomic E-state index is 12.7. The quantitative estimate of drug-likeness (QED) is 0.605. The molecule has 0 aliphatic heterocycles. The molecule has 0 atom stereocenters. The van der Waals surface area contributed by atoms with Crippen molar-refractivity contribution in [3.05, 3.63) is 68.7 Å². The van der Waals surface area contributed by atoms with Gasteiger partial charge in [0.05, 0.1) is 17.4 Å². The highest BCUT2D eigenvalue weighted by atomic mass is 35.5. The fraction of sp³-hybridized carbons (Fsp3) is 0.348. The second-order valence-corrected chi connectivity index (χ2v) is 7.99. The number of hydrogen-bond donors (Lipinski definition) is 1. The van der Waals surface area contributed by atoms with Crippen molar-refractivity contribution in [3.63, 3.8) is 0 Å². The van der Waals surface area contributed by atoms with Gasteiger partial charge in [0, 0.05) is 11.6 Å². The number of nitrogens with one attached hydrogen (secondary N) is 1. The second-order valence-electron chi connectivity index (χ2n) is 7.55. The monoisotopic (exact) mass is 427 g/mol. The van der Waals surface area contributed by atoms with Crippen molar-refractivity contribution in [2.45, 2.75) is 40.2 Å². The number of rotatable bonds is 7. The molecule has 158 valence electrons. The van der Waals surface area contributed by atoms with Crippen molar-refractivity contribution >= 4 is 28.4 Å². The minimum atomic E-state index is -0.257. The molecule has 0 aliphatic rings. The Balaban J connectivity index is 1.73. The number of benzene rings is 2. The molecule has 6 nitrogen and oxygen atoms in total. The summed E-state index contributed by atoms with van der Waals surface area (Å²) in [4.78, 5) is 33.9. The van der Waals surface area contributed by atoms with Gasteiger partial charge in [-0.05, 0) is 55.2 Å². The van der Waals surface area contributed by atoms with Crippen LogP contribution >= 0.6 is 11.6 Å². The highest BCUT2D eigenvalue weighted by Gasteiger charge is 2.16. The van der Waals surface area contributed by atoms with Gasteiger partial charge in [-0.2, -0.15) is 0 Å². The van der Waals surface area contributed by atoms with Crippen LogP contribution in [0.15, 0.2) is 41.2 Å². The van der Waals surface area contributed by atoms with Crippen LogP contribution in [0.5, 0.6) is 5.75 Å². The van der Waals surface area contributed by atoms with Gasteiger partial charge in [-0.25, -0.2) is 4.98 Å². The molecule has 7 heteroatoms. The molecule has 1 heterocycles. The number of halogens is 1.